The molecule has 10 aromatic carbocycles. The second-order valence-electron chi connectivity index (χ2n) is 32.5. The molecule has 15 rings (SSSR count). The molecule has 0 saturated heterocycles. The summed E-state index contributed by atoms with van der Waals surface area (Å²) in [5.41, 5.74) is 17.9. The molecule has 0 radical (unpaired) electrons. The van der Waals surface area contributed by atoms with Crippen LogP contribution in [0.1, 0.15) is 84.8 Å². The zero-order valence-corrected chi connectivity index (χ0v) is 81.6. The maximum Gasteiger partial charge on any atom is 0.135 e. The van der Waals surface area contributed by atoms with E-state index in [2.05, 4.69) is 120 Å². The maximum atomic E-state index is 6.22. The lowest BCUT2D eigenvalue weighted by molar-refractivity contribution is 0.144. The monoisotopic (exact) mass is 1830 g/mol. The van der Waals surface area contributed by atoms with E-state index in [0.717, 1.165) is 215 Å². The summed E-state index contributed by atoms with van der Waals surface area (Å²) in [5, 5.41) is 10.3. The molecule has 0 fully saturated rings. The van der Waals surface area contributed by atoms with Crippen molar-refractivity contribution in [3.05, 3.63) is 211 Å². The van der Waals surface area contributed by atoms with Gasteiger partial charge < -0.3 is 114 Å². The molecule has 0 amide bonds. The van der Waals surface area contributed by atoms with E-state index in [0.29, 0.717) is 144 Å². The molecule has 0 spiro atoms. The number of hydrogen-bond acceptors (Lipinski definition) is 24. The molecular formula is C109H138O24. The van der Waals surface area contributed by atoms with E-state index >= 15 is 0 Å². The molecule has 0 atom stereocenters. The maximum absolute atomic E-state index is 6.22. The summed E-state index contributed by atoms with van der Waals surface area (Å²) in [6, 6.07) is 24.8. The summed E-state index contributed by atoms with van der Waals surface area (Å²) in [7, 11) is 23.5. The van der Waals surface area contributed by atoms with E-state index in [1.807, 2.05) is 42.5 Å². The first-order valence-electron chi connectivity index (χ1n) is 45.7. The predicted octanol–water partition coefficient (Wildman–Crippen LogP) is 19.4. The largest absolute Gasteiger partial charge is 0.497 e. The van der Waals surface area contributed by atoms with Gasteiger partial charge in [-0.15, -0.1) is 0 Å². The van der Waals surface area contributed by atoms with Gasteiger partial charge in [-0.05, 0) is 152 Å². The van der Waals surface area contributed by atoms with E-state index in [1.165, 1.54) is 55.6 Å². The summed E-state index contributed by atoms with van der Waals surface area (Å²) in [5.74, 6) is 12.2. The summed E-state index contributed by atoms with van der Waals surface area (Å²) >= 11 is 0. The molecule has 0 saturated carbocycles. The number of allylic oxidation sites excluding steroid dienone is 10. The van der Waals surface area contributed by atoms with E-state index in [4.69, 9.17) is 114 Å². The molecule has 24 heteroatoms. The minimum absolute atomic E-state index is 0.459. The topological polar surface area (TPSA) is 222 Å². The molecule has 0 N–H and O–H groups in total. The highest BCUT2D eigenvalue weighted by atomic mass is 16.6. The molecule has 24 nitrogen and oxygen atoms in total. The van der Waals surface area contributed by atoms with E-state index in [1.54, 1.807) is 99.5 Å². The first-order chi connectivity index (χ1) is 65.1. The summed E-state index contributed by atoms with van der Waals surface area (Å²) in [4.78, 5) is 0. The van der Waals surface area contributed by atoms with Crippen LogP contribution in [0, 0.1) is 27.7 Å². The Bertz CT molecular complexity index is 5640. The van der Waals surface area contributed by atoms with Gasteiger partial charge >= 0.3 is 0 Å². The van der Waals surface area contributed by atoms with Gasteiger partial charge in [0.2, 0.25) is 0 Å². The third-order valence-electron chi connectivity index (χ3n) is 23.6. The number of methoxy groups -OCH3 is 14. The molecule has 0 heterocycles. The van der Waals surface area contributed by atoms with Crippen LogP contribution in [0.5, 0.6) is 80.5 Å². The van der Waals surface area contributed by atoms with Crippen LogP contribution in [-0.4, -0.2) is 232 Å². The zero-order chi connectivity index (χ0) is 94.5. The summed E-state index contributed by atoms with van der Waals surface area (Å²) in [6.07, 6.45) is 28.1. The third-order valence-corrected chi connectivity index (χ3v) is 23.6. The van der Waals surface area contributed by atoms with Crippen molar-refractivity contribution in [1.29, 1.82) is 0 Å². The van der Waals surface area contributed by atoms with Gasteiger partial charge in [-0.1, -0.05) is 96.2 Å². The minimum atomic E-state index is 0.459. The molecule has 0 aromatic heterocycles. The van der Waals surface area contributed by atoms with E-state index in [-0.39, 0.29) is 0 Å². The first-order valence-corrected chi connectivity index (χ1v) is 45.7. The zero-order valence-electron chi connectivity index (χ0n) is 81.6. The Morgan fingerprint density at radius 2 is 0.451 bits per heavy atom. The smallest absolute Gasteiger partial charge is 0.135 e. The Hall–Kier alpha value is -11.0. The molecule has 0 unspecified atom stereocenters. The molecule has 133 heavy (non-hydrogen) atoms. The predicted molar refractivity (Wildman–Crippen MR) is 526 cm³/mol. The number of fused-ring (bicyclic) bond motifs is 10. The molecule has 5 aliphatic rings. The standard InChI is InChI=1S/C22H28O6.2C22H28O5.C22H28O4.C21H26O4/c1-23-9-11-27-21-16-7-5-6-8-17(16)22(28-12-10-24-2)20-18(21)13-15(25-3)14-19(20)26-4;1-15-13-16(25-4)14-19-20(15)22(27-12-10-24-3)18-8-6-5-7-17(18)21(19)26-11-9-23-2;1-15-13-18-20(19(14-15)25-4)22(27-12-10-24-3)17-8-6-5-7-16(17)21(18)26-11-9-23-2;1-15-13-16(2)20-19(14-15)21(25-11-9-23-3)17-7-5-6-8-18(17)22(20)26-12-10-24-4;1-15-8-9-18-19(14-15)21(25-13-11-23-3)17-7-5-4-6-16(17)20(18)24-12-10-22-2/h5-6,13-14H,7-12H2,1-4H3;2*5-6,13-14H,7-12H2,1-4H3;5-6,13-14H,7-12H2,1-4H3;4-8H,9-14H2,1-3H3. The van der Waals surface area contributed by atoms with Gasteiger partial charge in [0, 0.05) is 176 Å². The van der Waals surface area contributed by atoms with Crippen molar-refractivity contribution in [1.82, 2.24) is 0 Å². The lowest BCUT2D eigenvalue weighted by Crippen LogP contribution is -2.13. The van der Waals surface area contributed by atoms with Crippen molar-refractivity contribution in [3.63, 3.8) is 0 Å². The van der Waals surface area contributed by atoms with Crippen LogP contribution in [0.25, 0.3) is 53.9 Å². The number of benzene rings is 10. The van der Waals surface area contributed by atoms with E-state index < -0.39 is 0 Å². The highest BCUT2D eigenvalue weighted by molar-refractivity contribution is 6.04. The van der Waals surface area contributed by atoms with Crippen LogP contribution in [-0.2, 0) is 112 Å². The summed E-state index contributed by atoms with van der Waals surface area (Å²) in [6.45, 7) is 21.1. The molecule has 718 valence electrons. The van der Waals surface area contributed by atoms with Gasteiger partial charge in [0.05, 0.1) is 105 Å². The second-order valence-corrected chi connectivity index (χ2v) is 32.5. The van der Waals surface area contributed by atoms with Gasteiger partial charge in [-0.3, -0.25) is 0 Å². The normalized spacial score (nSPS) is 13.0. The van der Waals surface area contributed by atoms with Crippen LogP contribution >= 0.6 is 0 Å². The van der Waals surface area contributed by atoms with E-state index in [9.17, 15) is 0 Å². The lowest BCUT2D eigenvalue weighted by atomic mass is 9.87. The van der Waals surface area contributed by atoms with Crippen LogP contribution in [0.15, 0.2) is 133 Å². The average Bonchev–Trinajstić information content (AvgIpc) is 0.746. The van der Waals surface area contributed by atoms with Gasteiger partial charge in [0.1, 0.15) is 147 Å². The van der Waals surface area contributed by atoms with Crippen molar-refractivity contribution >= 4 is 53.9 Å². The number of aryl methyl sites for hydroxylation is 4. The Morgan fingerprint density at radius 1 is 0.211 bits per heavy atom. The fourth-order valence-electron chi connectivity index (χ4n) is 17.5. The fraction of sp³-hybridized carbons (Fsp3) is 0.450. The second kappa shape index (κ2) is 53.2. The SMILES string of the molecule is COCCOc1c2c(c(OCCOC)c3c(C)cc(C)cc13)CC=CC2.COCCOc1c2c(c(OCCOC)c3c(C)cc(OC)cc13)CC=CC2.COCCOc1c2c(c(OCCOC)c3c(OC)cc(C)cc13)CC=CC2.COCCOc1c2c(c(OCCOC)c3c(OC)cc(OC)cc13)CC=CC2.COCCOc1c2c(c(OCCOC)c3ccccc13)CC(C)=CC2. The summed E-state index contributed by atoms with van der Waals surface area (Å²) < 4.78 is 136. The van der Waals surface area contributed by atoms with Gasteiger partial charge in [0.15, 0.2) is 0 Å². The molecular weight excluding hydrogens is 1690 g/mol. The Balaban J connectivity index is 0.000000160. The Kier molecular flexibility index (Phi) is 41.0. The van der Waals surface area contributed by atoms with Crippen LogP contribution in [0.3, 0.4) is 0 Å². The molecule has 10 aromatic rings. The number of rotatable bonds is 44. The molecule has 5 aliphatic carbocycles. The average molecular weight is 1830 g/mol. The lowest BCUT2D eigenvalue weighted by Gasteiger charge is -2.25. The number of ether oxygens (including phenoxy) is 24. The fourth-order valence-corrected chi connectivity index (χ4v) is 17.5. The highest BCUT2D eigenvalue weighted by Gasteiger charge is 2.32. The van der Waals surface area contributed by atoms with Crippen molar-refractivity contribution in [3.8, 4) is 80.5 Å². The van der Waals surface area contributed by atoms with Crippen LogP contribution in [0.2, 0.25) is 0 Å². The molecule has 0 aliphatic heterocycles. The van der Waals surface area contributed by atoms with Crippen LogP contribution < -0.4 is 66.3 Å². The van der Waals surface area contributed by atoms with Gasteiger partial charge in [-0.2, -0.15) is 0 Å². The van der Waals surface area contributed by atoms with Crippen LogP contribution in [0.4, 0.5) is 0 Å². The first kappa shape index (κ1) is 103. The van der Waals surface area contributed by atoms with Gasteiger partial charge in [0.25, 0.3) is 0 Å². The minimum Gasteiger partial charge on any atom is -0.497 e. The third kappa shape index (κ3) is 25.5. The Morgan fingerprint density at radius 3 is 0.767 bits per heavy atom. The quantitative estimate of drug-likeness (QED) is 0.0256. The van der Waals surface area contributed by atoms with Crippen molar-refractivity contribution in [2.45, 2.75) is 98.8 Å². The number of hydrogen-bond donors (Lipinski definition) is 0. The Labute approximate surface area is 785 Å². The van der Waals surface area contributed by atoms with Gasteiger partial charge in [-0.25, -0.2) is 0 Å². The molecule has 0 bridgehead atoms. The highest BCUT2D eigenvalue weighted by Crippen LogP contribution is 2.53. The van der Waals surface area contributed by atoms with Crippen molar-refractivity contribution in [2.75, 3.05) is 232 Å². The van der Waals surface area contributed by atoms with Crippen molar-refractivity contribution < 1.29 is 114 Å². The van der Waals surface area contributed by atoms with Crippen molar-refractivity contribution in [2.24, 2.45) is 0 Å².